The van der Waals surface area contributed by atoms with Crippen LogP contribution in [0.3, 0.4) is 0 Å². The van der Waals surface area contributed by atoms with Crippen LogP contribution in [0, 0.1) is 0 Å². The molecule has 45 heavy (non-hydrogen) atoms. The fraction of sp³-hybridized carbons (Fsp3) is 0.500. The van der Waals surface area contributed by atoms with E-state index < -0.39 is 23.2 Å². The molecule has 0 heterocycles. The Bertz CT molecular complexity index is 1410. The first kappa shape index (κ1) is 39.6. The zero-order chi connectivity index (χ0) is 32.1. The quantitative estimate of drug-likeness (QED) is 0.416. The largest absolute Gasteiger partial charge is 1.00 e. The van der Waals surface area contributed by atoms with Gasteiger partial charge in [-0.15, -0.1) is 0 Å². The molecule has 2 nitrogen and oxygen atoms in total. The number of halogens is 2. The molecule has 5 heteroatoms. The standard InChI is InChI=1S/2C20H27O.2ClH.Zr/c2*1-19(2,3)15-12-16(14-10-8-9-11-14)18(21-7)17(13-15)20(4,5)6;;;/h2*8,10,12-13H,9H2,1-7H3;2*1H;/q;;;;+2/p-2. The molecule has 0 bridgehead atoms. The fourth-order valence-corrected chi connectivity index (χ4v) is 9.72. The minimum atomic E-state index is -1.10. The van der Waals surface area contributed by atoms with E-state index in [9.17, 15) is 0 Å². The second kappa shape index (κ2) is 14.3. The molecule has 0 fully saturated rings. The Morgan fingerprint density at radius 3 is 1.11 bits per heavy atom. The van der Waals surface area contributed by atoms with Crippen molar-refractivity contribution < 1.29 is 57.5 Å². The third kappa shape index (κ3) is 8.50. The Kier molecular flexibility index (Phi) is 12.6. The summed E-state index contributed by atoms with van der Waals surface area (Å²) in [6.07, 6.45) is 11.6. The van der Waals surface area contributed by atoms with Crippen LogP contribution in [0.5, 0.6) is 11.5 Å². The number of methoxy groups -OCH3 is 2. The van der Waals surface area contributed by atoms with Gasteiger partial charge in [0.25, 0.3) is 0 Å². The van der Waals surface area contributed by atoms with Gasteiger partial charge in [0.1, 0.15) is 0 Å². The van der Waals surface area contributed by atoms with Crippen LogP contribution >= 0.6 is 0 Å². The average Bonchev–Trinajstić information content (AvgIpc) is 3.54. The monoisotopic (exact) mass is 726 g/mol. The van der Waals surface area contributed by atoms with Gasteiger partial charge in [0.15, 0.2) is 0 Å². The summed E-state index contributed by atoms with van der Waals surface area (Å²) in [6, 6.07) is 9.58. The molecule has 2 aliphatic rings. The summed E-state index contributed by atoms with van der Waals surface area (Å²) in [4.78, 5) is 0. The molecule has 0 atom stereocenters. The summed E-state index contributed by atoms with van der Waals surface area (Å²) >= 11 is -1.10. The first-order valence-corrected chi connectivity index (χ1v) is 18.3. The first-order valence-electron chi connectivity index (χ1n) is 15.8. The van der Waals surface area contributed by atoms with E-state index in [0.717, 1.165) is 24.3 Å². The molecular weight excluding hydrogens is 675 g/mol. The van der Waals surface area contributed by atoms with Gasteiger partial charge in [-0.3, -0.25) is 0 Å². The van der Waals surface area contributed by atoms with Crippen molar-refractivity contribution in [2.24, 2.45) is 0 Å². The molecular formula is C40H54Cl2O2Zr. The summed E-state index contributed by atoms with van der Waals surface area (Å²) in [5, 5.41) is 0. The second-order valence-electron chi connectivity index (χ2n) is 16.3. The molecule has 2 aromatic carbocycles. The summed E-state index contributed by atoms with van der Waals surface area (Å²) < 4.78 is 15.7. The predicted octanol–water partition coefficient (Wildman–Crippen LogP) is 5.03. The van der Waals surface area contributed by atoms with Crippen molar-refractivity contribution in [2.45, 2.75) is 118 Å². The average molecular weight is 729 g/mol. The Balaban J connectivity index is 0.00000353. The minimum Gasteiger partial charge on any atom is -1.00 e. The van der Waals surface area contributed by atoms with Gasteiger partial charge >= 0.3 is 276 Å². The van der Waals surface area contributed by atoms with E-state index in [0.29, 0.717) is 0 Å². The molecule has 2 aromatic rings. The summed E-state index contributed by atoms with van der Waals surface area (Å²) in [5.74, 6) is 2.07. The summed E-state index contributed by atoms with van der Waals surface area (Å²) in [6.45, 7) is 27.7. The van der Waals surface area contributed by atoms with E-state index in [-0.39, 0.29) is 46.5 Å². The Hall–Kier alpha value is -1.54. The van der Waals surface area contributed by atoms with Crippen molar-refractivity contribution in [2.75, 3.05) is 14.2 Å². The van der Waals surface area contributed by atoms with Gasteiger partial charge in [0, 0.05) is 0 Å². The Labute approximate surface area is 298 Å². The minimum absolute atomic E-state index is 0. The van der Waals surface area contributed by atoms with E-state index in [2.05, 4.69) is 132 Å². The van der Waals surface area contributed by atoms with Gasteiger partial charge in [-0.25, -0.2) is 0 Å². The molecule has 0 unspecified atom stereocenters. The van der Waals surface area contributed by atoms with Gasteiger partial charge in [-0.05, 0) is 0 Å². The number of allylic oxidation sites excluding steroid dienone is 8. The maximum atomic E-state index is 6.22. The molecule has 0 saturated heterocycles. The Morgan fingerprint density at radius 2 is 0.844 bits per heavy atom. The predicted molar refractivity (Wildman–Crippen MR) is 182 cm³/mol. The van der Waals surface area contributed by atoms with E-state index in [1.807, 2.05) is 14.2 Å². The van der Waals surface area contributed by atoms with E-state index in [1.165, 1.54) is 44.5 Å². The molecule has 0 radical (unpaired) electrons. The molecule has 0 spiro atoms. The van der Waals surface area contributed by atoms with Crippen molar-refractivity contribution in [3.8, 4) is 11.5 Å². The van der Waals surface area contributed by atoms with Gasteiger partial charge in [0.05, 0.1) is 0 Å². The number of hydrogen-bond donors (Lipinski definition) is 0. The third-order valence-electron chi connectivity index (χ3n) is 8.68. The zero-order valence-corrected chi connectivity index (χ0v) is 34.1. The topological polar surface area (TPSA) is 18.5 Å². The van der Waals surface area contributed by atoms with Crippen molar-refractivity contribution >= 4 is 11.1 Å². The van der Waals surface area contributed by atoms with E-state index in [1.54, 1.807) is 6.56 Å². The van der Waals surface area contributed by atoms with Crippen molar-refractivity contribution in [1.82, 2.24) is 0 Å². The van der Waals surface area contributed by atoms with Crippen LogP contribution in [0.1, 0.15) is 129 Å². The van der Waals surface area contributed by atoms with Gasteiger partial charge in [0.2, 0.25) is 0 Å². The van der Waals surface area contributed by atoms with E-state index >= 15 is 0 Å². The molecule has 0 aromatic heterocycles. The smallest absolute Gasteiger partial charge is 1.00 e. The van der Waals surface area contributed by atoms with Crippen molar-refractivity contribution in [1.29, 1.82) is 0 Å². The maximum Gasteiger partial charge on any atom is -1.00 e. The van der Waals surface area contributed by atoms with Crippen molar-refractivity contribution in [3.05, 3.63) is 88.5 Å². The van der Waals surface area contributed by atoms with Crippen LogP contribution in [0.4, 0.5) is 0 Å². The number of hydrogen-bond acceptors (Lipinski definition) is 2. The van der Waals surface area contributed by atoms with Gasteiger partial charge in [-0.2, -0.15) is 0 Å². The number of ether oxygens (including phenoxy) is 2. The van der Waals surface area contributed by atoms with Crippen LogP contribution < -0.4 is 34.3 Å². The molecule has 0 aliphatic heterocycles. The first-order chi connectivity index (χ1) is 19.8. The number of rotatable bonds is 6. The normalized spacial score (nSPS) is 15.2. The van der Waals surface area contributed by atoms with Gasteiger partial charge in [-0.1, -0.05) is 0 Å². The number of benzene rings is 2. The molecule has 244 valence electrons. The van der Waals surface area contributed by atoms with Crippen LogP contribution in [0.15, 0.2) is 55.1 Å². The molecule has 2 aliphatic carbocycles. The summed E-state index contributed by atoms with van der Waals surface area (Å²) in [5.41, 5.74) is 10.7. The maximum absolute atomic E-state index is 6.22. The third-order valence-corrected chi connectivity index (χ3v) is 12.5. The second-order valence-corrected chi connectivity index (χ2v) is 19.9. The van der Waals surface area contributed by atoms with Crippen LogP contribution in [-0.2, 0) is 44.9 Å². The van der Waals surface area contributed by atoms with E-state index in [4.69, 9.17) is 9.47 Å². The van der Waals surface area contributed by atoms with Crippen LogP contribution in [-0.4, -0.2) is 14.2 Å². The van der Waals surface area contributed by atoms with Gasteiger partial charge < -0.3 is 24.8 Å². The SMILES string of the molecule is COc1c(C2=[C]([Zr+2][C]3=C(c4cc(C(C)(C)C)cc(C(C)(C)C)c4OC)C=CC3)CC=C2)cc(C(C)(C)C)cc1C(C)(C)C.[Cl-].[Cl-]. The fourth-order valence-electron chi connectivity index (χ4n) is 6.01. The van der Waals surface area contributed by atoms with Crippen molar-refractivity contribution in [3.63, 3.8) is 0 Å². The van der Waals surface area contributed by atoms with Crippen LogP contribution in [0.2, 0.25) is 0 Å². The molecule has 4 rings (SSSR count). The van der Waals surface area contributed by atoms with Crippen LogP contribution in [0.25, 0.3) is 11.1 Å². The molecule has 0 amide bonds. The zero-order valence-electron chi connectivity index (χ0n) is 30.1. The molecule has 0 saturated carbocycles. The Morgan fingerprint density at radius 1 is 0.511 bits per heavy atom. The summed E-state index contributed by atoms with van der Waals surface area (Å²) in [7, 11) is 3.68. The molecule has 0 N–H and O–H groups in total.